The van der Waals surface area contributed by atoms with E-state index in [1.54, 1.807) is 24.3 Å². The van der Waals surface area contributed by atoms with Crippen LogP contribution in [0.15, 0.2) is 18.2 Å². The van der Waals surface area contributed by atoms with E-state index in [9.17, 15) is 9.59 Å². The average Bonchev–Trinajstić information content (AvgIpc) is 3.11. The maximum absolute atomic E-state index is 13.1. The average molecular weight is 399 g/mol. The molecule has 1 fully saturated rings. The monoisotopic (exact) mass is 398 g/mol. The number of rotatable bonds is 2. The van der Waals surface area contributed by atoms with Crippen molar-refractivity contribution in [3.8, 4) is 0 Å². The van der Waals surface area contributed by atoms with Gasteiger partial charge < -0.3 is 20.1 Å². The number of H-pyrrole nitrogens is 1. The molecule has 1 saturated heterocycles. The first-order valence-corrected chi connectivity index (χ1v) is 9.73. The van der Waals surface area contributed by atoms with Gasteiger partial charge in [0.05, 0.1) is 11.1 Å². The molecule has 28 heavy (non-hydrogen) atoms. The molecule has 0 bridgehead atoms. The highest BCUT2D eigenvalue weighted by molar-refractivity contribution is 6.36. The van der Waals surface area contributed by atoms with Crippen LogP contribution >= 0.6 is 11.6 Å². The summed E-state index contributed by atoms with van der Waals surface area (Å²) in [5.41, 5.74) is 5.20. The molecule has 2 N–H and O–H groups in total. The van der Waals surface area contributed by atoms with Crippen molar-refractivity contribution < 1.29 is 9.59 Å². The molecule has 4 rings (SSSR count). The first-order chi connectivity index (χ1) is 13.3. The molecule has 2 aliphatic rings. The number of aryl methyl sites for hydroxylation is 1. The lowest BCUT2D eigenvalue weighted by Gasteiger charge is -2.32. The lowest BCUT2D eigenvalue weighted by Crippen LogP contribution is -2.47. The molecule has 0 radical (unpaired) electrons. The summed E-state index contributed by atoms with van der Waals surface area (Å²) >= 11 is 6.11. The predicted molar refractivity (Wildman–Crippen MR) is 112 cm³/mol. The highest BCUT2D eigenvalue weighted by Crippen LogP contribution is 2.35. The summed E-state index contributed by atoms with van der Waals surface area (Å²) in [5.74, 6) is -0.126. The van der Waals surface area contributed by atoms with Gasteiger partial charge in [0.15, 0.2) is 0 Å². The summed E-state index contributed by atoms with van der Waals surface area (Å²) in [6.45, 7) is 7.03. The minimum Gasteiger partial charge on any atom is -0.358 e. The van der Waals surface area contributed by atoms with Crippen molar-refractivity contribution in [2.45, 2.75) is 13.8 Å². The molecule has 1 aromatic carbocycles. The van der Waals surface area contributed by atoms with Crippen LogP contribution in [0.4, 0.5) is 5.69 Å². The summed E-state index contributed by atoms with van der Waals surface area (Å²) in [4.78, 5) is 32.9. The van der Waals surface area contributed by atoms with Gasteiger partial charge in [-0.25, -0.2) is 0 Å². The van der Waals surface area contributed by atoms with E-state index in [0.29, 0.717) is 16.2 Å². The van der Waals surface area contributed by atoms with E-state index in [-0.39, 0.29) is 11.8 Å². The number of nitrogens with one attached hydrogen (secondary N) is 2. The Morgan fingerprint density at radius 3 is 2.61 bits per heavy atom. The molecule has 0 aliphatic carbocycles. The van der Waals surface area contributed by atoms with Crippen LogP contribution in [0.25, 0.3) is 11.6 Å². The van der Waals surface area contributed by atoms with Crippen LogP contribution < -0.4 is 5.32 Å². The number of nitrogens with zero attached hydrogens (tertiary/aromatic N) is 2. The Balaban J connectivity index is 1.69. The number of benzene rings is 1. The number of anilines is 1. The van der Waals surface area contributed by atoms with Gasteiger partial charge in [0.1, 0.15) is 0 Å². The third-order valence-corrected chi connectivity index (χ3v) is 5.77. The lowest BCUT2D eigenvalue weighted by atomic mass is 10.0. The molecule has 2 amide bonds. The van der Waals surface area contributed by atoms with Gasteiger partial charge in [-0.3, -0.25) is 9.59 Å². The first-order valence-electron chi connectivity index (χ1n) is 9.35. The van der Waals surface area contributed by atoms with Crippen molar-refractivity contribution in [1.82, 2.24) is 14.8 Å². The number of carbonyl (C=O) groups is 2. The molecule has 7 heteroatoms. The topological polar surface area (TPSA) is 68.4 Å². The second-order valence-corrected chi connectivity index (χ2v) is 7.90. The number of halogens is 1. The zero-order chi connectivity index (χ0) is 20.0. The van der Waals surface area contributed by atoms with E-state index in [4.69, 9.17) is 11.6 Å². The number of likely N-dealkylation sites (N-methyl/N-ethyl adjacent to an activating group) is 1. The number of aromatic nitrogens is 1. The van der Waals surface area contributed by atoms with E-state index in [0.717, 1.165) is 54.4 Å². The Morgan fingerprint density at radius 1 is 1.18 bits per heavy atom. The van der Waals surface area contributed by atoms with Crippen molar-refractivity contribution in [3.63, 3.8) is 0 Å². The van der Waals surface area contributed by atoms with Crippen molar-refractivity contribution in [2.75, 3.05) is 38.5 Å². The Kier molecular flexibility index (Phi) is 4.77. The van der Waals surface area contributed by atoms with Crippen LogP contribution in [0.2, 0.25) is 5.02 Å². The second-order valence-electron chi connectivity index (χ2n) is 7.46. The molecule has 3 heterocycles. The standard InChI is InChI=1S/C21H23ClN4O2/c1-12-18(11-16-15-10-14(22)4-5-17(15)24-20(16)27)23-13(2)19(12)21(28)26-8-6-25(3)7-9-26/h4-5,10-11,23H,6-9H2,1-3H3,(H,24,27)/b16-11+. The summed E-state index contributed by atoms with van der Waals surface area (Å²) in [6.07, 6.45) is 1.81. The molecule has 0 spiro atoms. The van der Waals surface area contributed by atoms with Crippen molar-refractivity contribution in [3.05, 3.63) is 51.3 Å². The Morgan fingerprint density at radius 2 is 1.89 bits per heavy atom. The van der Waals surface area contributed by atoms with Gasteiger partial charge in [0, 0.05) is 53.8 Å². The Labute approximate surface area is 169 Å². The van der Waals surface area contributed by atoms with Crippen LogP contribution in [0.1, 0.15) is 32.9 Å². The maximum atomic E-state index is 13.1. The number of hydrogen-bond acceptors (Lipinski definition) is 3. The van der Waals surface area contributed by atoms with E-state index >= 15 is 0 Å². The van der Waals surface area contributed by atoms with E-state index in [1.807, 2.05) is 18.7 Å². The number of piperazine rings is 1. The minimum absolute atomic E-state index is 0.0447. The van der Waals surface area contributed by atoms with Crippen LogP contribution in [0.5, 0.6) is 0 Å². The van der Waals surface area contributed by atoms with E-state index in [2.05, 4.69) is 22.2 Å². The zero-order valence-electron chi connectivity index (χ0n) is 16.2. The molecule has 146 valence electrons. The number of fused-ring (bicyclic) bond motifs is 1. The van der Waals surface area contributed by atoms with Crippen LogP contribution in [-0.4, -0.2) is 59.8 Å². The number of carbonyl (C=O) groups excluding carboxylic acids is 2. The quantitative estimate of drug-likeness (QED) is 0.763. The smallest absolute Gasteiger partial charge is 0.256 e. The lowest BCUT2D eigenvalue weighted by molar-refractivity contribution is -0.110. The number of aromatic amines is 1. The summed E-state index contributed by atoms with van der Waals surface area (Å²) in [6, 6.07) is 5.33. The molecule has 0 unspecified atom stereocenters. The van der Waals surface area contributed by atoms with Crippen LogP contribution in [0, 0.1) is 13.8 Å². The molecular weight excluding hydrogens is 376 g/mol. The number of hydrogen-bond donors (Lipinski definition) is 2. The highest BCUT2D eigenvalue weighted by atomic mass is 35.5. The third-order valence-electron chi connectivity index (χ3n) is 5.53. The van der Waals surface area contributed by atoms with Crippen molar-refractivity contribution >= 4 is 40.8 Å². The van der Waals surface area contributed by atoms with Gasteiger partial charge in [-0.05, 0) is 50.7 Å². The first kappa shape index (κ1) is 18.8. The maximum Gasteiger partial charge on any atom is 0.256 e. The Hall–Kier alpha value is -2.57. The molecule has 0 saturated carbocycles. The zero-order valence-corrected chi connectivity index (χ0v) is 17.0. The molecule has 6 nitrogen and oxygen atoms in total. The Bertz CT molecular complexity index is 1000. The molecule has 2 aliphatic heterocycles. The van der Waals surface area contributed by atoms with Gasteiger partial charge >= 0.3 is 0 Å². The fourth-order valence-electron chi connectivity index (χ4n) is 3.85. The largest absolute Gasteiger partial charge is 0.358 e. The van der Waals surface area contributed by atoms with Gasteiger partial charge in [0.2, 0.25) is 0 Å². The van der Waals surface area contributed by atoms with Gasteiger partial charge in [0.25, 0.3) is 11.8 Å². The van der Waals surface area contributed by atoms with Gasteiger partial charge in [-0.2, -0.15) is 0 Å². The fraction of sp³-hybridized carbons (Fsp3) is 0.333. The van der Waals surface area contributed by atoms with E-state index in [1.165, 1.54) is 0 Å². The summed E-state index contributed by atoms with van der Waals surface area (Å²) in [7, 11) is 2.07. The predicted octanol–water partition coefficient (Wildman–Crippen LogP) is 3.17. The summed E-state index contributed by atoms with van der Waals surface area (Å²) in [5, 5.41) is 3.43. The normalized spacial score (nSPS) is 18.5. The number of amides is 2. The minimum atomic E-state index is -0.170. The van der Waals surface area contributed by atoms with Crippen LogP contribution in [0.3, 0.4) is 0 Å². The van der Waals surface area contributed by atoms with Gasteiger partial charge in [-0.1, -0.05) is 11.6 Å². The molecule has 1 aromatic heterocycles. The third kappa shape index (κ3) is 3.23. The van der Waals surface area contributed by atoms with Crippen molar-refractivity contribution in [1.29, 1.82) is 0 Å². The molecular formula is C21H23ClN4O2. The molecule has 2 aromatic rings. The SMILES string of the molecule is Cc1[nH]c(/C=C2/C(=O)Nc3ccc(Cl)cc32)c(C)c1C(=O)N1CCN(C)CC1. The molecule has 0 atom stereocenters. The highest BCUT2D eigenvalue weighted by Gasteiger charge is 2.28. The van der Waals surface area contributed by atoms with Gasteiger partial charge in [-0.15, -0.1) is 0 Å². The summed E-state index contributed by atoms with van der Waals surface area (Å²) < 4.78 is 0. The second kappa shape index (κ2) is 7.11. The van der Waals surface area contributed by atoms with Crippen molar-refractivity contribution in [2.24, 2.45) is 0 Å². The fourth-order valence-corrected chi connectivity index (χ4v) is 4.03. The van der Waals surface area contributed by atoms with Crippen LogP contribution in [-0.2, 0) is 4.79 Å². The van der Waals surface area contributed by atoms with E-state index < -0.39 is 0 Å².